The Balaban J connectivity index is 1.68. The van der Waals surface area contributed by atoms with Crippen molar-refractivity contribution in [2.24, 2.45) is 40.2 Å². The standard InChI is InChI=1S/C19H32FNO2/c1-17-6-3-12(22)9-11(17)10-15(23)16-13(17)4-7-18(2)14(16)5-8-19(18,20)21/h11-16,22-23H,3-10,21H2,1-2H3/t11?,12?,13-,14+,15?,16-,17+,18+,19?/m1/s1. The topological polar surface area (TPSA) is 66.5 Å². The average molecular weight is 325 g/mol. The van der Waals surface area contributed by atoms with Crippen LogP contribution in [0.1, 0.15) is 65.2 Å². The summed E-state index contributed by atoms with van der Waals surface area (Å²) >= 11 is 0. The van der Waals surface area contributed by atoms with Gasteiger partial charge in [-0.15, -0.1) is 0 Å². The van der Waals surface area contributed by atoms with E-state index in [0.717, 1.165) is 44.9 Å². The van der Waals surface area contributed by atoms with Crippen LogP contribution in [0, 0.1) is 34.5 Å². The molecule has 0 aliphatic heterocycles. The molecule has 23 heavy (non-hydrogen) atoms. The molecule has 4 unspecified atom stereocenters. The monoisotopic (exact) mass is 325 g/mol. The minimum absolute atomic E-state index is 0.186. The molecule has 132 valence electrons. The lowest BCUT2D eigenvalue weighted by Crippen LogP contribution is -2.61. The van der Waals surface area contributed by atoms with Gasteiger partial charge in [-0.05, 0) is 80.5 Å². The fourth-order valence-corrected chi connectivity index (χ4v) is 7.22. The van der Waals surface area contributed by atoms with Gasteiger partial charge in [-0.1, -0.05) is 13.8 Å². The third-order valence-electron chi connectivity index (χ3n) is 8.81. The van der Waals surface area contributed by atoms with Crippen molar-refractivity contribution in [3.63, 3.8) is 0 Å². The molecule has 0 bridgehead atoms. The van der Waals surface area contributed by atoms with Crippen LogP contribution >= 0.6 is 0 Å². The van der Waals surface area contributed by atoms with E-state index < -0.39 is 11.2 Å². The Morgan fingerprint density at radius 2 is 1.65 bits per heavy atom. The predicted octanol–water partition coefficient (Wildman–Crippen LogP) is 2.99. The summed E-state index contributed by atoms with van der Waals surface area (Å²) in [6.45, 7) is 4.39. The quantitative estimate of drug-likeness (QED) is 0.600. The molecule has 0 spiro atoms. The predicted molar refractivity (Wildman–Crippen MR) is 87.2 cm³/mol. The molecule has 4 heteroatoms. The fourth-order valence-electron chi connectivity index (χ4n) is 7.22. The van der Waals surface area contributed by atoms with Crippen molar-refractivity contribution < 1.29 is 14.6 Å². The molecule has 0 heterocycles. The molecule has 4 rings (SSSR count). The first kappa shape index (κ1) is 16.3. The van der Waals surface area contributed by atoms with Crippen LogP contribution in [0.2, 0.25) is 0 Å². The second kappa shape index (κ2) is 4.92. The number of hydrogen-bond donors (Lipinski definition) is 3. The molecule has 0 saturated heterocycles. The molecule has 0 aromatic heterocycles. The maximum absolute atomic E-state index is 15.0. The van der Waals surface area contributed by atoms with Gasteiger partial charge in [0, 0.05) is 5.41 Å². The van der Waals surface area contributed by atoms with Crippen molar-refractivity contribution >= 4 is 0 Å². The van der Waals surface area contributed by atoms with Crippen LogP contribution < -0.4 is 5.73 Å². The van der Waals surface area contributed by atoms with Crippen molar-refractivity contribution in [1.82, 2.24) is 0 Å². The highest BCUT2D eigenvalue weighted by Crippen LogP contribution is 2.67. The summed E-state index contributed by atoms with van der Waals surface area (Å²) < 4.78 is 15.0. The molecular weight excluding hydrogens is 293 g/mol. The Hall–Kier alpha value is -0.190. The molecule has 9 atom stereocenters. The van der Waals surface area contributed by atoms with Crippen LogP contribution in [0.25, 0.3) is 0 Å². The van der Waals surface area contributed by atoms with Crippen molar-refractivity contribution in [2.75, 3.05) is 0 Å². The Morgan fingerprint density at radius 1 is 0.957 bits per heavy atom. The Morgan fingerprint density at radius 3 is 2.39 bits per heavy atom. The zero-order valence-electron chi connectivity index (χ0n) is 14.5. The van der Waals surface area contributed by atoms with Crippen LogP contribution in [-0.4, -0.2) is 28.2 Å². The first-order valence-corrected chi connectivity index (χ1v) is 9.53. The van der Waals surface area contributed by atoms with Gasteiger partial charge < -0.3 is 10.2 Å². The van der Waals surface area contributed by atoms with Gasteiger partial charge in [-0.3, -0.25) is 5.73 Å². The molecule has 4 fully saturated rings. The summed E-state index contributed by atoms with van der Waals surface area (Å²) in [4.78, 5) is 0. The smallest absolute Gasteiger partial charge is 0.164 e. The minimum Gasteiger partial charge on any atom is -0.393 e. The molecule has 4 aliphatic rings. The molecule has 4 N–H and O–H groups in total. The normalized spacial score (nSPS) is 62.3. The van der Waals surface area contributed by atoms with E-state index in [2.05, 4.69) is 6.92 Å². The number of fused-ring (bicyclic) bond motifs is 5. The second-order valence-corrected chi connectivity index (χ2v) is 9.58. The van der Waals surface area contributed by atoms with Gasteiger partial charge in [0.15, 0.2) is 5.79 Å². The fraction of sp³-hybridized carbons (Fsp3) is 1.00. The second-order valence-electron chi connectivity index (χ2n) is 9.58. The number of hydrogen-bond acceptors (Lipinski definition) is 3. The number of nitrogens with two attached hydrogens (primary N) is 1. The highest BCUT2D eigenvalue weighted by Gasteiger charge is 2.66. The lowest BCUT2D eigenvalue weighted by molar-refractivity contribution is -0.181. The van der Waals surface area contributed by atoms with Crippen LogP contribution in [0.4, 0.5) is 4.39 Å². The molecule has 0 aromatic rings. The molecule has 0 radical (unpaired) electrons. The summed E-state index contributed by atoms with van der Waals surface area (Å²) in [6.07, 6.45) is 5.99. The Bertz CT molecular complexity index is 498. The van der Waals surface area contributed by atoms with Gasteiger partial charge in [0.2, 0.25) is 0 Å². The van der Waals surface area contributed by atoms with Gasteiger partial charge in [0.25, 0.3) is 0 Å². The van der Waals surface area contributed by atoms with E-state index in [4.69, 9.17) is 5.73 Å². The highest BCUT2D eigenvalue weighted by atomic mass is 19.1. The van der Waals surface area contributed by atoms with Crippen molar-refractivity contribution in [2.45, 2.75) is 83.2 Å². The maximum atomic E-state index is 15.0. The van der Waals surface area contributed by atoms with E-state index in [1.807, 2.05) is 6.92 Å². The van der Waals surface area contributed by atoms with E-state index in [1.54, 1.807) is 0 Å². The molecule has 0 aromatic carbocycles. The van der Waals surface area contributed by atoms with E-state index in [9.17, 15) is 14.6 Å². The summed E-state index contributed by atoms with van der Waals surface area (Å²) in [5, 5.41) is 21.0. The zero-order valence-corrected chi connectivity index (χ0v) is 14.5. The average Bonchev–Trinajstić information content (AvgIpc) is 2.72. The molecule has 4 aliphatic carbocycles. The van der Waals surface area contributed by atoms with Gasteiger partial charge in [0.05, 0.1) is 12.2 Å². The SMILES string of the molecule is C[C@]12CCC(O)CC1CC(O)[C@@H]1[C@H]2CC[C@@]2(C)[C@H]1CCC2(N)F. The van der Waals surface area contributed by atoms with Crippen molar-refractivity contribution in [3.05, 3.63) is 0 Å². The first-order chi connectivity index (χ1) is 10.7. The molecule has 3 nitrogen and oxygen atoms in total. The van der Waals surface area contributed by atoms with Crippen molar-refractivity contribution in [1.29, 1.82) is 0 Å². The Labute approximate surface area is 138 Å². The maximum Gasteiger partial charge on any atom is 0.164 e. The largest absolute Gasteiger partial charge is 0.393 e. The first-order valence-electron chi connectivity index (χ1n) is 9.53. The van der Waals surface area contributed by atoms with E-state index in [-0.39, 0.29) is 29.5 Å². The van der Waals surface area contributed by atoms with Gasteiger partial charge in [-0.25, -0.2) is 4.39 Å². The third-order valence-corrected chi connectivity index (χ3v) is 8.81. The minimum atomic E-state index is -1.58. The van der Waals surface area contributed by atoms with E-state index in [0.29, 0.717) is 18.3 Å². The van der Waals surface area contributed by atoms with Gasteiger partial charge in [0.1, 0.15) is 0 Å². The van der Waals surface area contributed by atoms with Gasteiger partial charge in [-0.2, -0.15) is 0 Å². The third kappa shape index (κ3) is 2.04. The van der Waals surface area contributed by atoms with E-state index in [1.165, 1.54) is 0 Å². The van der Waals surface area contributed by atoms with Crippen LogP contribution in [0.3, 0.4) is 0 Å². The zero-order chi connectivity index (χ0) is 16.6. The number of aliphatic hydroxyl groups is 2. The number of alkyl halides is 1. The molecule has 0 amide bonds. The van der Waals surface area contributed by atoms with Gasteiger partial charge >= 0.3 is 0 Å². The molecule has 4 saturated carbocycles. The van der Waals surface area contributed by atoms with Crippen LogP contribution in [0.5, 0.6) is 0 Å². The molecular formula is C19H32FNO2. The number of halogens is 1. The lowest BCUT2D eigenvalue weighted by Gasteiger charge is -2.62. The highest BCUT2D eigenvalue weighted by molar-refractivity contribution is 5.14. The van der Waals surface area contributed by atoms with E-state index >= 15 is 0 Å². The van der Waals surface area contributed by atoms with Crippen molar-refractivity contribution in [3.8, 4) is 0 Å². The summed E-state index contributed by atoms with van der Waals surface area (Å²) in [5.74, 6) is -0.331. The Kier molecular flexibility index (Phi) is 3.48. The van der Waals surface area contributed by atoms with Crippen LogP contribution in [-0.2, 0) is 0 Å². The summed E-state index contributed by atoms with van der Waals surface area (Å²) in [6, 6.07) is 0. The number of aliphatic hydroxyl groups excluding tert-OH is 2. The summed E-state index contributed by atoms with van der Waals surface area (Å²) in [7, 11) is 0. The number of rotatable bonds is 0. The summed E-state index contributed by atoms with van der Waals surface area (Å²) in [5.41, 5.74) is 5.75. The lowest BCUT2D eigenvalue weighted by atomic mass is 9.44. The van der Waals surface area contributed by atoms with Crippen LogP contribution in [0.15, 0.2) is 0 Å².